The van der Waals surface area contributed by atoms with E-state index in [2.05, 4.69) is 4.37 Å². The van der Waals surface area contributed by atoms with Crippen LogP contribution in [-0.2, 0) is 6.42 Å². The highest BCUT2D eigenvalue weighted by Gasteiger charge is 2.14. The zero-order valence-corrected chi connectivity index (χ0v) is 6.81. The SMILES string of the molecule is CCc1c(N)nsc1C(=O)O. The van der Waals surface area contributed by atoms with E-state index < -0.39 is 5.97 Å². The normalized spacial score (nSPS) is 9.91. The molecule has 11 heavy (non-hydrogen) atoms. The van der Waals surface area contributed by atoms with Crippen LogP contribution in [0.1, 0.15) is 22.2 Å². The van der Waals surface area contributed by atoms with Crippen molar-refractivity contribution in [3.8, 4) is 0 Å². The molecule has 0 aliphatic carbocycles. The van der Waals surface area contributed by atoms with Crippen molar-refractivity contribution in [1.29, 1.82) is 0 Å². The summed E-state index contributed by atoms with van der Waals surface area (Å²) in [4.78, 5) is 10.8. The molecule has 0 unspecified atom stereocenters. The molecule has 0 atom stereocenters. The van der Waals surface area contributed by atoms with Crippen molar-refractivity contribution in [1.82, 2.24) is 4.37 Å². The Morgan fingerprint density at radius 3 is 2.82 bits per heavy atom. The molecule has 0 aromatic carbocycles. The average molecular weight is 172 g/mol. The van der Waals surface area contributed by atoms with Crippen LogP contribution in [-0.4, -0.2) is 15.4 Å². The Bertz CT molecular complexity index is 282. The lowest BCUT2D eigenvalue weighted by atomic mass is 10.2. The number of anilines is 1. The molecule has 1 aromatic heterocycles. The van der Waals surface area contributed by atoms with E-state index in [1.54, 1.807) is 0 Å². The van der Waals surface area contributed by atoms with Gasteiger partial charge in [-0.1, -0.05) is 6.92 Å². The smallest absolute Gasteiger partial charge is 0.347 e. The van der Waals surface area contributed by atoms with Gasteiger partial charge < -0.3 is 10.8 Å². The first-order valence-corrected chi connectivity index (χ1v) is 3.91. The Labute approximate surface area is 67.8 Å². The van der Waals surface area contributed by atoms with E-state index in [1.165, 1.54) is 0 Å². The van der Waals surface area contributed by atoms with Gasteiger partial charge in [0.25, 0.3) is 0 Å². The molecule has 0 spiro atoms. The minimum Gasteiger partial charge on any atom is -0.477 e. The van der Waals surface area contributed by atoms with Gasteiger partial charge in [-0.05, 0) is 18.0 Å². The van der Waals surface area contributed by atoms with Crippen LogP contribution in [0.2, 0.25) is 0 Å². The number of hydrogen-bond donors (Lipinski definition) is 2. The van der Waals surface area contributed by atoms with Gasteiger partial charge in [-0.15, -0.1) is 0 Å². The van der Waals surface area contributed by atoms with Gasteiger partial charge in [-0.3, -0.25) is 0 Å². The fraction of sp³-hybridized carbons (Fsp3) is 0.333. The molecule has 1 rings (SSSR count). The fourth-order valence-electron chi connectivity index (χ4n) is 0.831. The molecule has 0 bridgehead atoms. The van der Waals surface area contributed by atoms with Crippen molar-refractivity contribution in [3.05, 3.63) is 10.4 Å². The third-order valence-electron chi connectivity index (χ3n) is 1.37. The van der Waals surface area contributed by atoms with Gasteiger partial charge in [0.05, 0.1) is 0 Å². The summed E-state index contributed by atoms with van der Waals surface area (Å²) < 4.78 is 3.75. The zero-order valence-electron chi connectivity index (χ0n) is 6.00. The number of aromatic carboxylic acids is 1. The van der Waals surface area contributed by atoms with Gasteiger partial charge in [0.2, 0.25) is 0 Å². The van der Waals surface area contributed by atoms with Gasteiger partial charge >= 0.3 is 5.97 Å². The van der Waals surface area contributed by atoms with E-state index in [4.69, 9.17) is 10.8 Å². The van der Waals surface area contributed by atoms with Gasteiger partial charge in [0.1, 0.15) is 10.7 Å². The molecule has 4 nitrogen and oxygen atoms in total. The summed E-state index contributed by atoms with van der Waals surface area (Å²) in [6.07, 6.45) is 0.615. The Hall–Kier alpha value is -1.10. The largest absolute Gasteiger partial charge is 0.477 e. The van der Waals surface area contributed by atoms with Crippen LogP contribution in [0.3, 0.4) is 0 Å². The van der Waals surface area contributed by atoms with E-state index in [-0.39, 0.29) is 4.88 Å². The van der Waals surface area contributed by atoms with Crippen LogP contribution in [0.5, 0.6) is 0 Å². The molecule has 5 heteroatoms. The number of carboxylic acids is 1. The monoisotopic (exact) mass is 172 g/mol. The van der Waals surface area contributed by atoms with Gasteiger partial charge in [-0.2, -0.15) is 4.37 Å². The second kappa shape index (κ2) is 2.87. The maximum Gasteiger partial charge on any atom is 0.347 e. The van der Waals surface area contributed by atoms with E-state index in [0.29, 0.717) is 17.8 Å². The van der Waals surface area contributed by atoms with E-state index in [9.17, 15) is 4.79 Å². The number of carboxylic acid groups (broad SMARTS) is 1. The number of aromatic nitrogens is 1. The van der Waals surface area contributed by atoms with Crippen LogP contribution in [0.15, 0.2) is 0 Å². The van der Waals surface area contributed by atoms with Crippen LogP contribution >= 0.6 is 11.5 Å². The summed E-state index contributed by atoms with van der Waals surface area (Å²) in [6, 6.07) is 0. The number of carbonyl (C=O) groups is 1. The summed E-state index contributed by atoms with van der Waals surface area (Å²) in [5.41, 5.74) is 6.07. The molecular formula is C6H8N2O2S. The number of nitrogens with two attached hydrogens (primary N) is 1. The molecule has 1 aromatic rings. The summed E-state index contributed by atoms with van der Waals surface area (Å²) in [5.74, 6) is -0.606. The summed E-state index contributed by atoms with van der Waals surface area (Å²) >= 11 is 0.934. The first kappa shape index (κ1) is 8.00. The van der Waals surface area contributed by atoms with Crippen LogP contribution in [0.4, 0.5) is 5.82 Å². The molecule has 0 saturated carbocycles. The third-order valence-corrected chi connectivity index (χ3v) is 2.26. The third kappa shape index (κ3) is 1.32. The number of nitrogens with zero attached hydrogens (tertiary/aromatic N) is 1. The number of rotatable bonds is 2. The van der Waals surface area contributed by atoms with Gasteiger partial charge in [-0.25, -0.2) is 4.79 Å². The lowest BCUT2D eigenvalue weighted by Gasteiger charge is -1.93. The molecule has 0 fully saturated rings. The van der Waals surface area contributed by atoms with Crippen molar-refractivity contribution >= 4 is 23.3 Å². The minimum absolute atomic E-state index is 0.255. The highest BCUT2D eigenvalue weighted by atomic mass is 32.1. The molecule has 0 radical (unpaired) electrons. The summed E-state index contributed by atoms with van der Waals surface area (Å²) in [6.45, 7) is 1.85. The lowest BCUT2D eigenvalue weighted by Crippen LogP contribution is -1.98. The van der Waals surface area contributed by atoms with Crippen molar-refractivity contribution < 1.29 is 9.90 Å². The van der Waals surface area contributed by atoms with Crippen LogP contribution in [0, 0.1) is 0 Å². The Kier molecular flexibility index (Phi) is 2.09. The second-order valence-electron chi connectivity index (χ2n) is 2.03. The Morgan fingerprint density at radius 2 is 2.45 bits per heavy atom. The van der Waals surface area contributed by atoms with E-state index >= 15 is 0 Å². The highest BCUT2D eigenvalue weighted by molar-refractivity contribution is 7.08. The maximum atomic E-state index is 10.5. The molecule has 3 N–H and O–H groups in total. The average Bonchev–Trinajstić information content (AvgIpc) is 2.30. The van der Waals surface area contributed by atoms with Gasteiger partial charge in [0.15, 0.2) is 0 Å². The zero-order chi connectivity index (χ0) is 8.43. The molecule has 0 amide bonds. The molecule has 0 aliphatic rings. The summed E-state index contributed by atoms with van der Waals surface area (Å²) in [5, 5.41) is 8.62. The van der Waals surface area contributed by atoms with Crippen LogP contribution in [0.25, 0.3) is 0 Å². The lowest BCUT2D eigenvalue weighted by molar-refractivity contribution is 0.0701. The van der Waals surface area contributed by atoms with Crippen molar-refractivity contribution in [2.75, 3.05) is 5.73 Å². The van der Waals surface area contributed by atoms with Crippen molar-refractivity contribution in [2.45, 2.75) is 13.3 Å². The quantitative estimate of drug-likeness (QED) is 0.697. The molecule has 60 valence electrons. The molecule has 0 aliphatic heterocycles. The van der Waals surface area contributed by atoms with Crippen molar-refractivity contribution in [2.24, 2.45) is 0 Å². The van der Waals surface area contributed by atoms with E-state index in [1.807, 2.05) is 6.92 Å². The predicted molar refractivity (Wildman–Crippen MR) is 42.9 cm³/mol. The molecular weight excluding hydrogens is 164 g/mol. The maximum absolute atomic E-state index is 10.5. The number of nitrogen functional groups attached to an aromatic ring is 1. The Morgan fingerprint density at radius 1 is 1.82 bits per heavy atom. The highest BCUT2D eigenvalue weighted by Crippen LogP contribution is 2.20. The Balaban J connectivity index is 3.15. The predicted octanol–water partition coefficient (Wildman–Crippen LogP) is 0.986. The fourth-order valence-corrected chi connectivity index (χ4v) is 1.57. The molecule has 1 heterocycles. The van der Waals surface area contributed by atoms with E-state index in [0.717, 1.165) is 11.5 Å². The number of hydrogen-bond acceptors (Lipinski definition) is 4. The first-order valence-electron chi connectivity index (χ1n) is 3.14. The van der Waals surface area contributed by atoms with Crippen molar-refractivity contribution in [3.63, 3.8) is 0 Å². The first-order chi connectivity index (χ1) is 5.16. The van der Waals surface area contributed by atoms with Gasteiger partial charge in [0, 0.05) is 5.56 Å². The summed E-state index contributed by atoms with van der Waals surface area (Å²) in [7, 11) is 0. The second-order valence-corrected chi connectivity index (χ2v) is 2.81. The topological polar surface area (TPSA) is 76.2 Å². The standard InChI is InChI=1S/C6H8N2O2S/c1-2-3-4(6(9)10)11-8-5(3)7/h2H2,1H3,(H2,7,8)(H,9,10). The van der Waals surface area contributed by atoms with Crippen LogP contribution < -0.4 is 5.73 Å². The minimum atomic E-state index is -0.948. The molecule has 0 saturated heterocycles.